The molecule has 0 aromatic rings. The van der Waals surface area contributed by atoms with Crippen LogP contribution in [0.3, 0.4) is 0 Å². The highest BCUT2D eigenvalue weighted by atomic mass is 19.4. The van der Waals surface area contributed by atoms with Gasteiger partial charge in [0, 0.05) is 12.1 Å². The third-order valence-corrected chi connectivity index (χ3v) is 4.27. The molecule has 0 amide bonds. The van der Waals surface area contributed by atoms with E-state index in [0.29, 0.717) is 37.8 Å². The molecule has 0 aromatic carbocycles. The van der Waals surface area contributed by atoms with Gasteiger partial charge in [0.15, 0.2) is 0 Å². The van der Waals surface area contributed by atoms with Crippen LogP contribution in [-0.2, 0) is 0 Å². The molecule has 0 radical (unpaired) electrons. The fourth-order valence-corrected chi connectivity index (χ4v) is 2.98. The van der Waals surface area contributed by atoms with Crippen LogP contribution >= 0.6 is 0 Å². The molecule has 0 spiro atoms. The number of rotatable bonds is 4. The van der Waals surface area contributed by atoms with Gasteiger partial charge in [0.1, 0.15) is 0 Å². The van der Waals surface area contributed by atoms with Crippen molar-refractivity contribution < 1.29 is 13.2 Å². The lowest BCUT2D eigenvalue weighted by molar-refractivity contribution is -0.182. The van der Waals surface area contributed by atoms with Crippen molar-refractivity contribution in [2.24, 2.45) is 11.8 Å². The van der Waals surface area contributed by atoms with Gasteiger partial charge >= 0.3 is 6.18 Å². The summed E-state index contributed by atoms with van der Waals surface area (Å²) >= 11 is 0. The van der Waals surface area contributed by atoms with Gasteiger partial charge in [-0.25, -0.2) is 0 Å². The second-order valence-electron chi connectivity index (χ2n) is 5.61. The molecule has 2 fully saturated rings. The van der Waals surface area contributed by atoms with Crippen LogP contribution in [0.1, 0.15) is 51.9 Å². The number of hydrogen-bond acceptors (Lipinski definition) is 1. The van der Waals surface area contributed by atoms with Gasteiger partial charge in [-0.1, -0.05) is 6.92 Å². The van der Waals surface area contributed by atoms with E-state index in [2.05, 4.69) is 12.2 Å². The van der Waals surface area contributed by atoms with Gasteiger partial charge in [0.05, 0.1) is 5.92 Å². The minimum atomic E-state index is -3.98. The van der Waals surface area contributed by atoms with Crippen molar-refractivity contribution >= 4 is 0 Å². The first-order valence-electron chi connectivity index (χ1n) is 6.83. The van der Waals surface area contributed by atoms with Gasteiger partial charge in [-0.3, -0.25) is 0 Å². The Balaban J connectivity index is 1.75. The van der Waals surface area contributed by atoms with E-state index in [0.717, 1.165) is 12.3 Å². The van der Waals surface area contributed by atoms with E-state index < -0.39 is 12.1 Å². The van der Waals surface area contributed by atoms with Crippen LogP contribution in [-0.4, -0.2) is 18.3 Å². The third kappa shape index (κ3) is 3.60. The zero-order valence-electron chi connectivity index (χ0n) is 10.4. The van der Waals surface area contributed by atoms with Crippen LogP contribution in [0.5, 0.6) is 0 Å². The summed E-state index contributed by atoms with van der Waals surface area (Å²) in [6, 6.07) is 0.863. The van der Waals surface area contributed by atoms with Crippen LogP contribution in [0.25, 0.3) is 0 Å². The molecule has 0 aliphatic heterocycles. The SMILES string of the molecule is CCC(NC1CCC(C(F)(F)F)CC1)C1CC1. The molecule has 0 saturated heterocycles. The van der Waals surface area contributed by atoms with Crippen LogP contribution in [0.2, 0.25) is 0 Å². The predicted octanol–water partition coefficient (Wildman–Crippen LogP) is 3.89. The molecule has 0 bridgehead atoms. The summed E-state index contributed by atoms with van der Waals surface area (Å²) in [4.78, 5) is 0. The summed E-state index contributed by atoms with van der Waals surface area (Å²) < 4.78 is 37.5. The molecule has 1 nitrogen and oxygen atoms in total. The van der Waals surface area contributed by atoms with E-state index in [1.54, 1.807) is 0 Å². The average Bonchev–Trinajstić information content (AvgIpc) is 3.09. The summed E-state index contributed by atoms with van der Waals surface area (Å²) in [5, 5.41) is 3.57. The lowest BCUT2D eigenvalue weighted by Gasteiger charge is -2.33. The third-order valence-electron chi connectivity index (χ3n) is 4.27. The molecule has 1 unspecified atom stereocenters. The molecular formula is C13H22F3N. The van der Waals surface area contributed by atoms with Gasteiger partial charge in [-0.15, -0.1) is 0 Å². The molecule has 2 saturated carbocycles. The Morgan fingerprint density at radius 3 is 2.06 bits per heavy atom. The maximum Gasteiger partial charge on any atom is 0.391 e. The van der Waals surface area contributed by atoms with Crippen molar-refractivity contribution in [2.45, 2.75) is 70.1 Å². The minimum Gasteiger partial charge on any atom is -0.311 e. The number of halogens is 3. The number of hydrogen-bond donors (Lipinski definition) is 1. The van der Waals surface area contributed by atoms with E-state index in [1.807, 2.05) is 0 Å². The Hall–Kier alpha value is -0.250. The number of nitrogens with one attached hydrogen (secondary N) is 1. The van der Waals surface area contributed by atoms with Gasteiger partial charge in [-0.2, -0.15) is 13.2 Å². The predicted molar refractivity (Wildman–Crippen MR) is 61.7 cm³/mol. The van der Waals surface area contributed by atoms with E-state index in [-0.39, 0.29) is 0 Å². The number of alkyl halides is 3. The molecule has 4 heteroatoms. The van der Waals surface area contributed by atoms with Crippen LogP contribution < -0.4 is 5.32 Å². The topological polar surface area (TPSA) is 12.0 Å². The fourth-order valence-electron chi connectivity index (χ4n) is 2.98. The zero-order chi connectivity index (χ0) is 12.5. The van der Waals surface area contributed by atoms with Crippen molar-refractivity contribution in [3.8, 4) is 0 Å². The van der Waals surface area contributed by atoms with Gasteiger partial charge in [0.2, 0.25) is 0 Å². The molecule has 1 N–H and O–H groups in total. The lowest BCUT2D eigenvalue weighted by atomic mass is 9.85. The maximum atomic E-state index is 12.5. The first kappa shape index (κ1) is 13.2. The Kier molecular flexibility index (Phi) is 4.01. The molecular weight excluding hydrogens is 227 g/mol. The molecule has 1 atom stereocenters. The van der Waals surface area contributed by atoms with E-state index in [9.17, 15) is 13.2 Å². The summed E-state index contributed by atoms with van der Waals surface area (Å²) in [6.07, 6.45) is 1.70. The Bertz CT molecular complexity index is 240. The van der Waals surface area contributed by atoms with Crippen molar-refractivity contribution in [1.29, 1.82) is 0 Å². The highest BCUT2D eigenvalue weighted by Crippen LogP contribution is 2.39. The van der Waals surface area contributed by atoms with E-state index >= 15 is 0 Å². The largest absolute Gasteiger partial charge is 0.391 e. The normalized spacial score (nSPS) is 32.5. The van der Waals surface area contributed by atoms with Gasteiger partial charge in [-0.05, 0) is 50.9 Å². The summed E-state index contributed by atoms with van der Waals surface area (Å²) in [7, 11) is 0. The van der Waals surface area contributed by atoms with Crippen LogP contribution in [0.4, 0.5) is 13.2 Å². The smallest absolute Gasteiger partial charge is 0.311 e. The van der Waals surface area contributed by atoms with E-state index in [1.165, 1.54) is 12.8 Å². The second-order valence-corrected chi connectivity index (χ2v) is 5.61. The summed E-state index contributed by atoms with van der Waals surface area (Å²) in [5.41, 5.74) is 0. The Labute approximate surface area is 101 Å². The molecule has 100 valence electrons. The monoisotopic (exact) mass is 249 g/mol. The van der Waals surface area contributed by atoms with Gasteiger partial charge in [0.25, 0.3) is 0 Å². The second kappa shape index (κ2) is 5.17. The quantitative estimate of drug-likeness (QED) is 0.797. The van der Waals surface area contributed by atoms with Crippen molar-refractivity contribution in [3.63, 3.8) is 0 Å². The van der Waals surface area contributed by atoms with E-state index in [4.69, 9.17) is 0 Å². The molecule has 2 aliphatic carbocycles. The molecule has 0 aromatic heterocycles. The van der Waals surface area contributed by atoms with Crippen molar-refractivity contribution in [3.05, 3.63) is 0 Å². The van der Waals surface area contributed by atoms with Gasteiger partial charge < -0.3 is 5.32 Å². The first-order chi connectivity index (χ1) is 8.00. The fraction of sp³-hybridized carbons (Fsp3) is 1.00. The highest BCUT2D eigenvalue weighted by molar-refractivity contribution is 4.89. The summed E-state index contributed by atoms with van der Waals surface area (Å²) in [5.74, 6) is -0.262. The zero-order valence-corrected chi connectivity index (χ0v) is 10.4. The van der Waals surface area contributed by atoms with Crippen LogP contribution in [0.15, 0.2) is 0 Å². The maximum absolute atomic E-state index is 12.5. The minimum absolute atomic E-state index is 0.308. The Morgan fingerprint density at radius 2 is 1.65 bits per heavy atom. The standard InChI is InChI=1S/C13H22F3N/c1-2-12(9-3-4-9)17-11-7-5-10(6-8-11)13(14,15)16/h9-12,17H,2-8H2,1H3. The average molecular weight is 249 g/mol. The molecule has 0 heterocycles. The first-order valence-corrected chi connectivity index (χ1v) is 6.83. The Morgan fingerprint density at radius 1 is 1.06 bits per heavy atom. The molecule has 2 rings (SSSR count). The molecule has 17 heavy (non-hydrogen) atoms. The van der Waals surface area contributed by atoms with Crippen LogP contribution in [0, 0.1) is 11.8 Å². The highest BCUT2D eigenvalue weighted by Gasteiger charge is 2.42. The molecule has 2 aliphatic rings. The van der Waals surface area contributed by atoms with Crippen molar-refractivity contribution in [2.75, 3.05) is 0 Å². The lowest BCUT2D eigenvalue weighted by Crippen LogP contribution is -2.42. The van der Waals surface area contributed by atoms with Crippen molar-refractivity contribution in [1.82, 2.24) is 5.32 Å². The summed E-state index contributed by atoms with van der Waals surface area (Å²) in [6.45, 7) is 2.16.